The van der Waals surface area contributed by atoms with Crippen LogP contribution in [0.15, 0.2) is 54.6 Å². The van der Waals surface area contributed by atoms with Crippen molar-refractivity contribution >= 4 is 5.91 Å². The Labute approximate surface area is 153 Å². The van der Waals surface area contributed by atoms with Gasteiger partial charge in [0.2, 0.25) is 0 Å². The fraction of sp³-hybridized carbons (Fsp3) is 0.350. The highest BCUT2D eigenvalue weighted by molar-refractivity contribution is 5.81. The number of methoxy groups -OCH3 is 1. The summed E-state index contributed by atoms with van der Waals surface area (Å²) in [5.74, 6) is 1.11. The van der Waals surface area contributed by atoms with Crippen molar-refractivity contribution in [3.63, 3.8) is 0 Å². The lowest BCUT2D eigenvalue weighted by molar-refractivity contribution is -0.165. The van der Waals surface area contributed by atoms with Gasteiger partial charge in [-0.1, -0.05) is 42.5 Å². The molecule has 1 fully saturated rings. The maximum atomic E-state index is 12.3. The van der Waals surface area contributed by atoms with E-state index in [0.29, 0.717) is 31.3 Å². The van der Waals surface area contributed by atoms with Crippen molar-refractivity contribution in [2.24, 2.45) is 0 Å². The quantitative estimate of drug-likeness (QED) is 0.771. The SMILES string of the molecule is COc1ccccc1OCCNC(=O)[C@@H]1COC[C@@H](c2ccccc2)O1. The smallest absolute Gasteiger partial charge is 0.251 e. The number of nitrogens with one attached hydrogen (secondary N) is 1. The Morgan fingerprint density at radius 2 is 1.81 bits per heavy atom. The number of benzene rings is 2. The lowest BCUT2D eigenvalue weighted by Crippen LogP contribution is -2.44. The zero-order valence-corrected chi connectivity index (χ0v) is 14.7. The summed E-state index contributed by atoms with van der Waals surface area (Å²) >= 11 is 0. The normalized spacial score (nSPS) is 19.6. The summed E-state index contributed by atoms with van der Waals surface area (Å²) in [5.41, 5.74) is 1.00. The summed E-state index contributed by atoms with van der Waals surface area (Å²) in [4.78, 5) is 12.3. The first-order valence-electron chi connectivity index (χ1n) is 8.59. The van der Waals surface area contributed by atoms with Crippen LogP contribution in [0.2, 0.25) is 0 Å². The van der Waals surface area contributed by atoms with Crippen molar-refractivity contribution in [2.45, 2.75) is 12.2 Å². The van der Waals surface area contributed by atoms with Gasteiger partial charge in [0.15, 0.2) is 17.6 Å². The van der Waals surface area contributed by atoms with E-state index in [0.717, 1.165) is 5.56 Å². The van der Waals surface area contributed by atoms with Gasteiger partial charge in [-0.2, -0.15) is 0 Å². The largest absolute Gasteiger partial charge is 0.493 e. The fourth-order valence-corrected chi connectivity index (χ4v) is 2.73. The number of carbonyl (C=O) groups excluding carboxylic acids is 1. The highest BCUT2D eigenvalue weighted by Crippen LogP contribution is 2.25. The summed E-state index contributed by atoms with van der Waals surface area (Å²) in [6, 6.07) is 17.2. The molecule has 0 aromatic heterocycles. The van der Waals surface area contributed by atoms with Gasteiger partial charge in [-0.05, 0) is 17.7 Å². The Kier molecular flexibility index (Phi) is 6.46. The molecule has 0 aliphatic carbocycles. The zero-order valence-electron chi connectivity index (χ0n) is 14.7. The van der Waals surface area contributed by atoms with Crippen LogP contribution in [0.3, 0.4) is 0 Å². The molecule has 0 radical (unpaired) electrons. The molecule has 6 nitrogen and oxygen atoms in total. The number of amides is 1. The van der Waals surface area contributed by atoms with Crippen LogP contribution in [0.4, 0.5) is 0 Å². The van der Waals surface area contributed by atoms with Gasteiger partial charge < -0.3 is 24.3 Å². The molecule has 26 heavy (non-hydrogen) atoms. The molecule has 0 bridgehead atoms. The number of carbonyl (C=O) groups is 1. The van der Waals surface area contributed by atoms with Gasteiger partial charge in [0.05, 0.1) is 26.9 Å². The van der Waals surface area contributed by atoms with Gasteiger partial charge in [-0.15, -0.1) is 0 Å². The molecule has 1 heterocycles. The molecular weight excluding hydrogens is 334 g/mol. The van der Waals surface area contributed by atoms with Crippen molar-refractivity contribution < 1.29 is 23.7 Å². The topological polar surface area (TPSA) is 66.0 Å². The third-order valence-electron chi connectivity index (χ3n) is 4.06. The van der Waals surface area contributed by atoms with Crippen LogP contribution in [0.5, 0.6) is 11.5 Å². The van der Waals surface area contributed by atoms with E-state index in [1.54, 1.807) is 7.11 Å². The molecule has 138 valence electrons. The fourth-order valence-electron chi connectivity index (χ4n) is 2.73. The Morgan fingerprint density at radius 1 is 1.08 bits per heavy atom. The van der Waals surface area contributed by atoms with E-state index in [2.05, 4.69) is 5.32 Å². The van der Waals surface area contributed by atoms with Crippen LogP contribution in [-0.2, 0) is 14.3 Å². The summed E-state index contributed by atoms with van der Waals surface area (Å²) in [6.45, 7) is 1.40. The van der Waals surface area contributed by atoms with E-state index in [1.165, 1.54) is 0 Å². The number of para-hydroxylation sites is 2. The molecule has 1 aliphatic heterocycles. The average molecular weight is 357 g/mol. The average Bonchev–Trinajstić information content (AvgIpc) is 2.72. The first-order valence-corrected chi connectivity index (χ1v) is 8.59. The van der Waals surface area contributed by atoms with E-state index >= 15 is 0 Å². The van der Waals surface area contributed by atoms with E-state index in [4.69, 9.17) is 18.9 Å². The van der Waals surface area contributed by atoms with Crippen molar-refractivity contribution in [3.05, 3.63) is 60.2 Å². The van der Waals surface area contributed by atoms with Crippen molar-refractivity contribution in [1.82, 2.24) is 5.32 Å². The molecule has 0 unspecified atom stereocenters. The number of hydrogen-bond acceptors (Lipinski definition) is 5. The molecule has 3 rings (SSSR count). The summed E-state index contributed by atoms with van der Waals surface area (Å²) in [6.07, 6.45) is -0.856. The molecule has 2 aromatic rings. The Morgan fingerprint density at radius 3 is 2.58 bits per heavy atom. The molecule has 6 heteroatoms. The van der Waals surface area contributed by atoms with Crippen molar-refractivity contribution in [3.8, 4) is 11.5 Å². The molecule has 0 spiro atoms. The van der Waals surface area contributed by atoms with Crippen LogP contribution < -0.4 is 14.8 Å². The van der Waals surface area contributed by atoms with Crippen molar-refractivity contribution in [1.29, 1.82) is 0 Å². The van der Waals surface area contributed by atoms with Crippen LogP contribution >= 0.6 is 0 Å². The predicted octanol–water partition coefficient (Wildman–Crippen LogP) is 2.35. The monoisotopic (exact) mass is 357 g/mol. The zero-order chi connectivity index (χ0) is 18.2. The predicted molar refractivity (Wildman–Crippen MR) is 96.4 cm³/mol. The summed E-state index contributed by atoms with van der Waals surface area (Å²) in [7, 11) is 1.59. The van der Waals surface area contributed by atoms with E-state index in [1.807, 2.05) is 54.6 Å². The highest BCUT2D eigenvalue weighted by atomic mass is 16.6. The maximum Gasteiger partial charge on any atom is 0.251 e. The second-order valence-electron chi connectivity index (χ2n) is 5.85. The number of rotatable bonds is 7. The Bertz CT molecular complexity index is 706. The molecule has 0 saturated carbocycles. The standard InChI is InChI=1S/C20H23NO5/c1-23-16-9-5-6-10-17(16)25-12-11-21-20(22)19-14-24-13-18(26-19)15-7-3-2-4-8-15/h2-10,18-19H,11-14H2,1H3,(H,21,22)/t18-,19-/m0/s1. The molecule has 2 aromatic carbocycles. The van der Waals surface area contributed by atoms with E-state index in [-0.39, 0.29) is 18.6 Å². The Hall–Kier alpha value is -2.57. The maximum absolute atomic E-state index is 12.3. The third kappa shape index (κ3) is 4.74. The molecule has 1 amide bonds. The number of hydrogen-bond donors (Lipinski definition) is 1. The molecular formula is C20H23NO5. The van der Waals surface area contributed by atoms with Gasteiger partial charge in [-0.25, -0.2) is 0 Å². The molecule has 1 N–H and O–H groups in total. The lowest BCUT2D eigenvalue weighted by atomic mass is 10.1. The second-order valence-corrected chi connectivity index (χ2v) is 5.85. The minimum Gasteiger partial charge on any atom is -0.493 e. The highest BCUT2D eigenvalue weighted by Gasteiger charge is 2.29. The van der Waals surface area contributed by atoms with Crippen LogP contribution in [0, 0.1) is 0 Å². The molecule has 1 saturated heterocycles. The first kappa shape index (κ1) is 18.2. The molecule has 1 aliphatic rings. The first-order chi connectivity index (χ1) is 12.8. The van der Waals surface area contributed by atoms with Crippen LogP contribution in [0.1, 0.15) is 11.7 Å². The second kappa shape index (κ2) is 9.22. The van der Waals surface area contributed by atoms with Crippen LogP contribution in [-0.4, -0.2) is 45.5 Å². The van der Waals surface area contributed by atoms with Crippen LogP contribution in [0.25, 0.3) is 0 Å². The van der Waals surface area contributed by atoms with E-state index in [9.17, 15) is 4.79 Å². The van der Waals surface area contributed by atoms with Gasteiger partial charge in [0.1, 0.15) is 12.7 Å². The Balaban J connectivity index is 1.44. The summed E-state index contributed by atoms with van der Waals surface area (Å²) < 4.78 is 22.3. The van der Waals surface area contributed by atoms with Gasteiger partial charge in [0, 0.05) is 0 Å². The van der Waals surface area contributed by atoms with Gasteiger partial charge in [-0.3, -0.25) is 4.79 Å². The van der Waals surface area contributed by atoms with E-state index < -0.39 is 6.10 Å². The third-order valence-corrected chi connectivity index (χ3v) is 4.06. The van der Waals surface area contributed by atoms with Gasteiger partial charge >= 0.3 is 0 Å². The van der Waals surface area contributed by atoms with Gasteiger partial charge in [0.25, 0.3) is 5.91 Å². The van der Waals surface area contributed by atoms with Crippen molar-refractivity contribution in [2.75, 3.05) is 33.5 Å². The minimum atomic E-state index is -0.625. The lowest BCUT2D eigenvalue weighted by Gasteiger charge is -2.29. The number of ether oxygens (including phenoxy) is 4. The summed E-state index contributed by atoms with van der Waals surface area (Å²) in [5, 5.41) is 2.82. The molecule has 2 atom stereocenters. The minimum absolute atomic E-state index is 0.200.